The summed E-state index contributed by atoms with van der Waals surface area (Å²) >= 11 is 0. The largest absolute Gasteiger partial charge is 0.497 e. The molecule has 0 aliphatic heterocycles. The van der Waals surface area contributed by atoms with Crippen LogP contribution in [0.4, 0.5) is 0 Å². The summed E-state index contributed by atoms with van der Waals surface area (Å²) in [5.74, 6) is 0.803. The van der Waals surface area contributed by atoms with Crippen molar-refractivity contribution in [2.75, 3.05) is 7.11 Å². The van der Waals surface area contributed by atoms with Crippen LogP contribution in [0.2, 0.25) is 0 Å². The van der Waals surface area contributed by atoms with Gasteiger partial charge in [0.1, 0.15) is 13.6 Å². The van der Waals surface area contributed by atoms with E-state index in [0.717, 1.165) is 16.8 Å². The standard InChI is InChI=1S/C9H11BO2/c1-6(11)8-5-7(12-2)3-4-9(8)10/h3-5H,10H2,1-2H3. The maximum Gasteiger partial charge on any atom is 0.159 e. The second kappa shape index (κ2) is 3.43. The second-order valence-corrected chi connectivity index (χ2v) is 2.74. The van der Waals surface area contributed by atoms with Crippen LogP contribution in [0.5, 0.6) is 5.75 Å². The molecule has 12 heavy (non-hydrogen) atoms. The first-order chi connectivity index (χ1) is 5.65. The van der Waals surface area contributed by atoms with Crippen LogP contribution in [0.25, 0.3) is 0 Å². The molecule has 0 N–H and O–H groups in total. The number of ketones is 1. The molecule has 2 nitrogen and oxygen atoms in total. The van der Waals surface area contributed by atoms with Gasteiger partial charge in [-0.2, -0.15) is 0 Å². The van der Waals surface area contributed by atoms with E-state index in [9.17, 15) is 4.79 Å². The van der Waals surface area contributed by atoms with Gasteiger partial charge in [0.25, 0.3) is 0 Å². The second-order valence-electron chi connectivity index (χ2n) is 2.74. The van der Waals surface area contributed by atoms with Gasteiger partial charge in [0.2, 0.25) is 0 Å². The number of rotatable bonds is 2. The quantitative estimate of drug-likeness (QED) is 0.457. The van der Waals surface area contributed by atoms with Gasteiger partial charge in [-0.1, -0.05) is 11.5 Å². The van der Waals surface area contributed by atoms with Crippen molar-refractivity contribution >= 4 is 19.1 Å². The van der Waals surface area contributed by atoms with Gasteiger partial charge in [0.05, 0.1) is 7.11 Å². The van der Waals surface area contributed by atoms with Crippen molar-refractivity contribution in [3.05, 3.63) is 23.8 Å². The Morgan fingerprint density at radius 3 is 2.67 bits per heavy atom. The molecule has 0 heterocycles. The molecule has 0 atom stereocenters. The third-order valence-corrected chi connectivity index (χ3v) is 1.82. The number of methoxy groups -OCH3 is 1. The average Bonchev–Trinajstić information content (AvgIpc) is 2.05. The number of Topliss-reactive ketones (excluding diaryl/α,β-unsaturated/α-hetero) is 1. The topological polar surface area (TPSA) is 26.3 Å². The lowest BCUT2D eigenvalue weighted by Crippen LogP contribution is -2.13. The van der Waals surface area contributed by atoms with E-state index in [1.165, 1.54) is 0 Å². The summed E-state index contributed by atoms with van der Waals surface area (Å²) < 4.78 is 5.01. The predicted octanol–water partition coefficient (Wildman–Crippen LogP) is 0.156. The first-order valence-electron chi connectivity index (χ1n) is 3.80. The number of benzene rings is 1. The molecule has 0 spiro atoms. The summed E-state index contributed by atoms with van der Waals surface area (Å²) in [6.07, 6.45) is 0. The maximum absolute atomic E-state index is 11.1. The molecule has 0 saturated carbocycles. The minimum atomic E-state index is 0.0754. The van der Waals surface area contributed by atoms with Crippen LogP contribution in [0.15, 0.2) is 18.2 Å². The van der Waals surface area contributed by atoms with E-state index >= 15 is 0 Å². The molecule has 0 fully saturated rings. The van der Waals surface area contributed by atoms with Crippen molar-refractivity contribution in [3.63, 3.8) is 0 Å². The minimum absolute atomic E-state index is 0.0754. The monoisotopic (exact) mass is 162 g/mol. The van der Waals surface area contributed by atoms with Crippen molar-refractivity contribution in [1.29, 1.82) is 0 Å². The molecule has 0 aromatic heterocycles. The Bertz CT molecular complexity index is 307. The lowest BCUT2D eigenvalue weighted by Gasteiger charge is -2.04. The SMILES string of the molecule is Bc1ccc(OC)cc1C(C)=O. The van der Waals surface area contributed by atoms with Crippen molar-refractivity contribution < 1.29 is 9.53 Å². The van der Waals surface area contributed by atoms with E-state index in [4.69, 9.17) is 4.74 Å². The lowest BCUT2D eigenvalue weighted by molar-refractivity contribution is 0.101. The summed E-state index contributed by atoms with van der Waals surface area (Å²) in [4.78, 5) is 11.1. The highest BCUT2D eigenvalue weighted by molar-refractivity contribution is 6.36. The summed E-state index contributed by atoms with van der Waals surface area (Å²) in [6, 6.07) is 5.50. The number of carbonyl (C=O) groups excluding carboxylic acids is 1. The zero-order valence-corrected chi connectivity index (χ0v) is 7.55. The number of ether oxygens (including phenoxy) is 1. The third-order valence-electron chi connectivity index (χ3n) is 1.82. The van der Waals surface area contributed by atoms with E-state index in [1.807, 2.05) is 20.0 Å². The zero-order valence-electron chi connectivity index (χ0n) is 7.55. The molecule has 1 aromatic rings. The molecule has 0 radical (unpaired) electrons. The van der Waals surface area contributed by atoms with E-state index < -0.39 is 0 Å². The fourth-order valence-electron chi connectivity index (χ4n) is 1.11. The van der Waals surface area contributed by atoms with E-state index in [-0.39, 0.29) is 5.78 Å². The molecule has 1 rings (SSSR count). The van der Waals surface area contributed by atoms with Crippen LogP contribution >= 0.6 is 0 Å². The van der Waals surface area contributed by atoms with E-state index in [2.05, 4.69) is 0 Å². The number of hydrogen-bond donors (Lipinski definition) is 0. The van der Waals surface area contributed by atoms with Gasteiger partial charge in [-0.05, 0) is 19.1 Å². The van der Waals surface area contributed by atoms with Gasteiger partial charge in [-0.15, -0.1) is 0 Å². The maximum atomic E-state index is 11.1. The lowest BCUT2D eigenvalue weighted by atomic mass is 9.89. The molecule has 0 bridgehead atoms. The van der Waals surface area contributed by atoms with Gasteiger partial charge in [-0.25, -0.2) is 0 Å². The summed E-state index contributed by atoms with van der Waals surface area (Å²) in [6.45, 7) is 1.56. The first kappa shape index (κ1) is 8.85. The number of carbonyl (C=O) groups is 1. The van der Waals surface area contributed by atoms with Crippen molar-refractivity contribution in [2.45, 2.75) is 6.92 Å². The highest BCUT2D eigenvalue weighted by Gasteiger charge is 2.04. The fraction of sp³-hybridized carbons (Fsp3) is 0.222. The molecule has 3 heteroatoms. The Labute approximate surface area is 73.0 Å². The molecular formula is C9H11BO2. The van der Waals surface area contributed by atoms with Crippen molar-refractivity contribution in [2.24, 2.45) is 0 Å². The van der Waals surface area contributed by atoms with E-state index in [1.54, 1.807) is 20.1 Å². The summed E-state index contributed by atoms with van der Waals surface area (Å²) in [5, 5.41) is 0. The van der Waals surface area contributed by atoms with Crippen LogP contribution in [-0.4, -0.2) is 20.7 Å². The minimum Gasteiger partial charge on any atom is -0.497 e. The van der Waals surface area contributed by atoms with Gasteiger partial charge >= 0.3 is 0 Å². The average molecular weight is 162 g/mol. The summed E-state index contributed by atoms with van der Waals surface area (Å²) in [7, 11) is 3.50. The van der Waals surface area contributed by atoms with Gasteiger partial charge in [0, 0.05) is 5.56 Å². The van der Waals surface area contributed by atoms with Crippen LogP contribution < -0.4 is 10.2 Å². The highest BCUT2D eigenvalue weighted by Crippen LogP contribution is 2.10. The van der Waals surface area contributed by atoms with Gasteiger partial charge < -0.3 is 4.74 Å². The normalized spacial score (nSPS) is 9.50. The molecular weight excluding hydrogens is 151 g/mol. The highest BCUT2D eigenvalue weighted by atomic mass is 16.5. The molecule has 0 amide bonds. The zero-order chi connectivity index (χ0) is 9.14. The van der Waals surface area contributed by atoms with E-state index in [0.29, 0.717) is 0 Å². The Hall–Kier alpha value is -1.25. The van der Waals surface area contributed by atoms with Crippen molar-refractivity contribution in [1.82, 2.24) is 0 Å². The molecule has 0 unspecified atom stereocenters. The van der Waals surface area contributed by atoms with Crippen LogP contribution in [0.3, 0.4) is 0 Å². The Morgan fingerprint density at radius 1 is 1.50 bits per heavy atom. The molecule has 62 valence electrons. The molecule has 0 aliphatic carbocycles. The molecule has 0 saturated heterocycles. The fourth-order valence-corrected chi connectivity index (χ4v) is 1.11. The molecule has 0 aliphatic rings. The van der Waals surface area contributed by atoms with Crippen molar-refractivity contribution in [3.8, 4) is 5.75 Å². The first-order valence-corrected chi connectivity index (χ1v) is 3.80. The smallest absolute Gasteiger partial charge is 0.159 e. The Morgan fingerprint density at radius 2 is 2.17 bits per heavy atom. The summed E-state index contributed by atoms with van der Waals surface area (Å²) in [5.41, 5.74) is 1.72. The van der Waals surface area contributed by atoms with Crippen LogP contribution in [0.1, 0.15) is 17.3 Å². The molecule has 1 aromatic carbocycles. The van der Waals surface area contributed by atoms with Gasteiger partial charge in [0.15, 0.2) is 5.78 Å². The number of hydrogen-bond acceptors (Lipinski definition) is 2. The predicted molar refractivity (Wildman–Crippen MR) is 51.2 cm³/mol. The van der Waals surface area contributed by atoms with Crippen LogP contribution in [-0.2, 0) is 0 Å². The van der Waals surface area contributed by atoms with Gasteiger partial charge in [-0.3, -0.25) is 4.79 Å². The Balaban J connectivity index is 3.17. The third kappa shape index (κ3) is 1.67. The van der Waals surface area contributed by atoms with Crippen LogP contribution in [0, 0.1) is 0 Å². The Kier molecular flexibility index (Phi) is 2.53.